The van der Waals surface area contributed by atoms with Crippen LogP contribution in [0.2, 0.25) is 0 Å². The highest BCUT2D eigenvalue weighted by Crippen LogP contribution is 2.44. The molecule has 1 aromatic heterocycles. The Morgan fingerprint density at radius 1 is 1.13 bits per heavy atom. The average Bonchev–Trinajstić information content (AvgIpc) is 3.55. The van der Waals surface area contributed by atoms with E-state index >= 15 is 0 Å². The number of esters is 1. The molecule has 194 valence electrons. The molecule has 9 nitrogen and oxygen atoms in total. The number of methoxy groups -OCH3 is 1. The van der Waals surface area contributed by atoms with Gasteiger partial charge in [-0.25, -0.2) is 9.78 Å². The highest BCUT2D eigenvalue weighted by molar-refractivity contribution is 7.18. The third kappa shape index (κ3) is 4.16. The zero-order valence-corrected chi connectivity index (χ0v) is 21.9. The van der Waals surface area contributed by atoms with Crippen LogP contribution in [0.3, 0.4) is 0 Å². The molecule has 2 aliphatic rings. The summed E-state index contributed by atoms with van der Waals surface area (Å²) >= 11 is 1.00. The van der Waals surface area contributed by atoms with E-state index in [0.717, 1.165) is 16.9 Å². The minimum Gasteiger partial charge on any atom is -0.507 e. The summed E-state index contributed by atoms with van der Waals surface area (Å²) in [6.07, 6.45) is 0.639. The number of aromatic nitrogens is 1. The lowest BCUT2D eigenvalue weighted by atomic mass is 9.94. The molecule has 0 saturated carbocycles. The van der Waals surface area contributed by atoms with Gasteiger partial charge in [-0.05, 0) is 55.3 Å². The van der Waals surface area contributed by atoms with Crippen molar-refractivity contribution in [2.24, 2.45) is 0 Å². The van der Waals surface area contributed by atoms with E-state index in [-0.39, 0.29) is 33.9 Å². The Labute approximate surface area is 222 Å². The van der Waals surface area contributed by atoms with Gasteiger partial charge in [0, 0.05) is 18.9 Å². The fraction of sp³-hybridized carbons (Fsp3) is 0.250. The molecule has 5 rings (SSSR count). The van der Waals surface area contributed by atoms with E-state index < -0.39 is 23.7 Å². The molecule has 1 amide bonds. The normalized spacial score (nSPS) is 19.8. The van der Waals surface area contributed by atoms with Gasteiger partial charge < -0.3 is 14.6 Å². The Morgan fingerprint density at radius 3 is 2.45 bits per heavy atom. The average molecular weight is 533 g/mol. The number of thiazole rings is 1. The number of anilines is 1. The van der Waals surface area contributed by atoms with Crippen molar-refractivity contribution < 1.29 is 33.8 Å². The van der Waals surface area contributed by atoms with Crippen molar-refractivity contribution in [1.82, 2.24) is 4.98 Å². The molecular formula is C28H24N2O7S. The lowest BCUT2D eigenvalue weighted by Crippen LogP contribution is -2.29. The summed E-state index contributed by atoms with van der Waals surface area (Å²) in [5.41, 5.74) is 2.32. The first-order valence-corrected chi connectivity index (χ1v) is 12.7. The van der Waals surface area contributed by atoms with Gasteiger partial charge in [-0.1, -0.05) is 23.5 Å². The minimum absolute atomic E-state index is 0.00934. The lowest BCUT2D eigenvalue weighted by Gasteiger charge is -2.23. The second kappa shape index (κ2) is 9.53. The number of nitrogens with zero attached hydrogens (tertiary/aromatic N) is 2. The summed E-state index contributed by atoms with van der Waals surface area (Å²) in [7, 11) is 1.27. The number of benzene rings is 2. The van der Waals surface area contributed by atoms with Gasteiger partial charge in [0.2, 0.25) is 0 Å². The van der Waals surface area contributed by atoms with Gasteiger partial charge in [0.1, 0.15) is 17.6 Å². The van der Waals surface area contributed by atoms with E-state index in [1.807, 2.05) is 6.92 Å². The van der Waals surface area contributed by atoms with Crippen LogP contribution in [0.15, 0.2) is 48.0 Å². The number of hydrogen-bond donors (Lipinski definition) is 1. The number of ether oxygens (including phenoxy) is 2. The van der Waals surface area contributed by atoms with Gasteiger partial charge in [0.25, 0.3) is 5.78 Å². The second-order valence-corrected chi connectivity index (χ2v) is 10.2. The monoisotopic (exact) mass is 532 g/mol. The van der Waals surface area contributed by atoms with Gasteiger partial charge in [-0.3, -0.25) is 19.3 Å². The maximum atomic E-state index is 13.4. The zero-order chi connectivity index (χ0) is 27.3. The third-order valence-electron chi connectivity index (χ3n) is 6.57. The van der Waals surface area contributed by atoms with Crippen molar-refractivity contribution in [2.45, 2.75) is 39.3 Å². The van der Waals surface area contributed by atoms with Gasteiger partial charge in [0.05, 0.1) is 34.9 Å². The van der Waals surface area contributed by atoms with Crippen molar-refractivity contribution in [2.75, 3.05) is 12.0 Å². The molecule has 3 heterocycles. The van der Waals surface area contributed by atoms with Gasteiger partial charge in [-0.15, -0.1) is 0 Å². The van der Waals surface area contributed by atoms with E-state index in [4.69, 9.17) is 9.47 Å². The van der Waals surface area contributed by atoms with E-state index in [2.05, 4.69) is 4.98 Å². The predicted molar refractivity (Wildman–Crippen MR) is 140 cm³/mol. The number of Topliss-reactive ketones (excluding diaryl/α,β-unsaturated/α-hetero) is 2. The van der Waals surface area contributed by atoms with Crippen LogP contribution in [0.4, 0.5) is 5.13 Å². The number of aryl methyl sites for hydroxylation is 1. The first-order valence-electron chi connectivity index (χ1n) is 11.9. The van der Waals surface area contributed by atoms with Crippen LogP contribution >= 0.6 is 11.3 Å². The van der Waals surface area contributed by atoms with Crippen LogP contribution in [0.1, 0.15) is 62.3 Å². The summed E-state index contributed by atoms with van der Waals surface area (Å²) in [5, 5.41) is 11.6. The highest BCUT2D eigenvalue weighted by atomic mass is 32.1. The summed E-state index contributed by atoms with van der Waals surface area (Å²) in [6, 6.07) is 10.3. The standard InChI is InChI=1S/C28H24N2O7S/c1-13-11-19-12-18(9-10-20(19)37-13)23(32)21-22(16-5-7-17(8-6-16)27(35)36-4)30(26(34)24(21)33)28-29-14(2)25(38-28)15(3)31/h5-10,12-13,22,32H,11H2,1-4H3/b23-21+/t13-,22+/m1/s1. The van der Waals surface area contributed by atoms with Gasteiger partial charge >= 0.3 is 11.9 Å². The number of rotatable bonds is 5. The smallest absolute Gasteiger partial charge is 0.337 e. The number of carbonyl (C=O) groups excluding carboxylic acids is 4. The molecule has 0 radical (unpaired) electrons. The Balaban J connectivity index is 1.68. The number of aliphatic hydroxyl groups is 1. The summed E-state index contributed by atoms with van der Waals surface area (Å²) in [5.74, 6) is -2.14. The largest absolute Gasteiger partial charge is 0.507 e. The molecule has 0 bridgehead atoms. The zero-order valence-electron chi connectivity index (χ0n) is 21.1. The molecule has 0 spiro atoms. The summed E-state index contributed by atoms with van der Waals surface area (Å²) in [4.78, 5) is 56.9. The van der Waals surface area contributed by atoms with Crippen molar-refractivity contribution in [1.29, 1.82) is 0 Å². The molecule has 2 aliphatic heterocycles. The number of hydrogen-bond acceptors (Lipinski definition) is 9. The quantitative estimate of drug-likeness (QED) is 0.169. The van der Waals surface area contributed by atoms with Crippen molar-refractivity contribution in [3.8, 4) is 5.75 Å². The molecule has 38 heavy (non-hydrogen) atoms. The molecule has 2 atom stereocenters. The Morgan fingerprint density at radius 2 is 1.82 bits per heavy atom. The number of ketones is 2. The molecular weight excluding hydrogens is 508 g/mol. The van der Waals surface area contributed by atoms with Crippen molar-refractivity contribution in [3.63, 3.8) is 0 Å². The maximum absolute atomic E-state index is 13.4. The van der Waals surface area contributed by atoms with Crippen molar-refractivity contribution in [3.05, 3.63) is 80.9 Å². The summed E-state index contributed by atoms with van der Waals surface area (Å²) < 4.78 is 10.5. The van der Waals surface area contributed by atoms with E-state index in [0.29, 0.717) is 33.9 Å². The number of carbonyl (C=O) groups is 4. The Kier molecular flexibility index (Phi) is 6.36. The SMILES string of the molecule is COC(=O)c1ccc([C@H]2/C(=C(\O)c3ccc4c(c3)C[C@@H](C)O4)C(=O)C(=O)N2c2nc(C)c(C(C)=O)s2)cc1. The minimum atomic E-state index is -1.05. The molecule has 0 unspecified atom stereocenters. The summed E-state index contributed by atoms with van der Waals surface area (Å²) in [6.45, 7) is 5.00. The van der Waals surface area contributed by atoms with E-state index in [1.165, 1.54) is 31.1 Å². The second-order valence-electron chi connectivity index (χ2n) is 9.20. The molecule has 1 fully saturated rings. The van der Waals surface area contributed by atoms with Crippen LogP contribution in [0.5, 0.6) is 5.75 Å². The van der Waals surface area contributed by atoms with Crippen LogP contribution < -0.4 is 9.64 Å². The number of aliphatic hydroxyl groups excluding tert-OH is 1. The van der Waals surface area contributed by atoms with Crippen LogP contribution in [0, 0.1) is 6.92 Å². The third-order valence-corrected chi connectivity index (χ3v) is 7.83. The van der Waals surface area contributed by atoms with E-state index in [1.54, 1.807) is 37.3 Å². The Hall–Kier alpha value is -4.31. The van der Waals surface area contributed by atoms with Gasteiger partial charge in [0.15, 0.2) is 10.9 Å². The number of amides is 1. The van der Waals surface area contributed by atoms with Crippen LogP contribution in [-0.2, 0) is 20.7 Å². The fourth-order valence-corrected chi connectivity index (χ4v) is 5.79. The topological polar surface area (TPSA) is 123 Å². The molecule has 3 aromatic rings. The van der Waals surface area contributed by atoms with E-state index in [9.17, 15) is 24.3 Å². The first-order chi connectivity index (χ1) is 18.1. The highest BCUT2D eigenvalue weighted by Gasteiger charge is 2.48. The predicted octanol–water partition coefficient (Wildman–Crippen LogP) is 4.39. The molecule has 2 aromatic carbocycles. The van der Waals surface area contributed by atoms with Crippen molar-refractivity contribution >= 4 is 45.7 Å². The molecule has 1 saturated heterocycles. The lowest BCUT2D eigenvalue weighted by molar-refractivity contribution is -0.132. The number of fused-ring (bicyclic) bond motifs is 1. The molecule has 1 N–H and O–H groups in total. The molecule has 0 aliphatic carbocycles. The van der Waals surface area contributed by atoms with Crippen LogP contribution in [-0.4, -0.2) is 46.7 Å². The Bertz CT molecular complexity index is 1540. The maximum Gasteiger partial charge on any atom is 0.337 e. The van der Waals surface area contributed by atoms with Gasteiger partial charge in [-0.2, -0.15) is 0 Å². The molecule has 10 heteroatoms. The fourth-order valence-electron chi connectivity index (χ4n) is 4.80. The first kappa shape index (κ1) is 25.3. The van der Waals surface area contributed by atoms with Crippen LogP contribution in [0.25, 0.3) is 5.76 Å².